The second-order valence-electron chi connectivity index (χ2n) is 2.74. The smallest absolute Gasteiger partial charge is 0.460 e. The molecule has 0 aliphatic rings. The summed E-state index contributed by atoms with van der Waals surface area (Å²) in [6.07, 6.45) is -4.72. The van der Waals surface area contributed by atoms with E-state index in [1.165, 1.54) is 0 Å². The molecule has 0 aromatic carbocycles. The van der Waals surface area contributed by atoms with Gasteiger partial charge in [-0.3, -0.25) is 4.74 Å². The number of hydrogen-bond acceptors (Lipinski definition) is 6. The molecule has 1 aromatic rings. The van der Waals surface area contributed by atoms with E-state index in [0.29, 0.717) is 0 Å². The van der Waals surface area contributed by atoms with Gasteiger partial charge in [-0.1, -0.05) is 0 Å². The Morgan fingerprint density at radius 3 is 2.76 bits per heavy atom. The maximum Gasteiger partial charge on any atom is 0.522 e. The van der Waals surface area contributed by atoms with Crippen molar-refractivity contribution < 1.29 is 27.4 Å². The van der Waals surface area contributed by atoms with Gasteiger partial charge in [0.2, 0.25) is 0 Å². The molecule has 1 heterocycles. The molecule has 0 aliphatic carbocycles. The van der Waals surface area contributed by atoms with Crippen LogP contribution in [-0.4, -0.2) is 45.8 Å². The summed E-state index contributed by atoms with van der Waals surface area (Å²) in [7, 11) is 0. The molecule has 96 valence electrons. The lowest BCUT2D eigenvalue weighted by atomic mass is 10.5. The van der Waals surface area contributed by atoms with Crippen molar-refractivity contribution in [3.05, 3.63) is 5.82 Å². The van der Waals surface area contributed by atoms with Gasteiger partial charge in [0, 0.05) is 0 Å². The monoisotopic (exact) mass is 254 g/mol. The molecule has 0 unspecified atom stereocenters. The molecule has 1 rings (SSSR count). The van der Waals surface area contributed by atoms with Crippen molar-refractivity contribution in [1.82, 2.24) is 20.2 Å². The predicted octanol–water partition coefficient (Wildman–Crippen LogP) is 0.386. The van der Waals surface area contributed by atoms with E-state index in [0.717, 1.165) is 4.68 Å². The van der Waals surface area contributed by atoms with E-state index in [-0.39, 0.29) is 19.0 Å². The van der Waals surface area contributed by atoms with Crippen molar-refractivity contribution in [2.45, 2.75) is 19.8 Å². The topological polar surface area (TPSA) is 79.1 Å². The number of rotatable bonds is 5. The van der Waals surface area contributed by atoms with Crippen LogP contribution in [-0.2, 0) is 16.0 Å². The fraction of sp³-hybridized carbons (Fsp3) is 0.714. The largest absolute Gasteiger partial charge is 0.522 e. The zero-order valence-corrected chi connectivity index (χ0v) is 8.77. The van der Waals surface area contributed by atoms with Gasteiger partial charge >= 0.3 is 12.3 Å². The van der Waals surface area contributed by atoms with E-state index in [2.05, 4.69) is 25.0 Å². The average molecular weight is 254 g/mol. The van der Waals surface area contributed by atoms with Gasteiger partial charge in [0.15, 0.2) is 0 Å². The molecule has 0 saturated heterocycles. The van der Waals surface area contributed by atoms with Crippen LogP contribution >= 0.6 is 0 Å². The summed E-state index contributed by atoms with van der Waals surface area (Å²) in [6, 6.07) is 0. The van der Waals surface area contributed by atoms with Gasteiger partial charge in [0.25, 0.3) is 5.82 Å². The number of hydrogen-bond donors (Lipinski definition) is 0. The van der Waals surface area contributed by atoms with Crippen LogP contribution in [0.4, 0.5) is 13.2 Å². The average Bonchev–Trinajstić information content (AvgIpc) is 2.64. The normalized spacial score (nSPS) is 11.5. The molecule has 0 bridgehead atoms. The number of carbonyl (C=O) groups is 1. The van der Waals surface area contributed by atoms with Gasteiger partial charge in [0.05, 0.1) is 19.8 Å². The Hall–Kier alpha value is -1.71. The summed E-state index contributed by atoms with van der Waals surface area (Å²) >= 11 is 0. The Balaban J connectivity index is 2.54. The second kappa shape index (κ2) is 5.57. The Bertz CT molecular complexity index is 379. The van der Waals surface area contributed by atoms with Crippen molar-refractivity contribution in [2.24, 2.45) is 0 Å². The number of esters is 1. The summed E-state index contributed by atoms with van der Waals surface area (Å²) in [5.74, 6) is -1.07. The van der Waals surface area contributed by atoms with Crippen molar-refractivity contribution >= 4 is 5.97 Å². The van der Waals surface area contributed by atoms with E-state index in [9.17, 15) is 18.0 Å². The Morgan fingerprint density at radius 1 is 1.47 bits per heavy atom. The van der Waals surface area contributed by atoms with Gasteiger partial charge < -0.3 is 4.74 Å². The molecule has 0 saturated carbocycles. The van der Waals surface area contributed by atoms with Gasteiger partial charge in [0.1, 0.15) is 0 Å². The molecule has 0 radical (unpaired) electrons. The number of ether oxygens (including phenoxy) is 2. The quantitative estimate of drug-likeness (QED) is 0.707. The minimum atomic E-state index is -4.72. The van der Waals surface area contributed by atoms with Crippen molar-refractivity contribution in [2.75, 3.05) is 13.2 Å². The molecule has 0 spiro atoms. The highest BCUT2D eigenvalue weighted by atomic mass is 19.4. The molecular formula is C7H9F3N4O3. The summed E-state index contributed by atoms with van der Waals surface area (Å²) < 4.78 is 44.1. The van der Waals surface area contributed by atoms with Crippen LogP contribution in [0.2, 0.25) is 0 Å². The number of tetrazole rings is 1. The first-order valence-electron chi connectivity index (χ1n) is 4.58. The van der Waals surface area contributed by atoms with E-state index >= 15 is 0 Å². The summed E-state index contributed by atoms with van der Waals surface area (Å²) in [5, 5.41) is 9.85. The number of nitrogens with zero attached hydrogens (tertiary/aromatic N) is 4. The van der Waals surface area contributed by atoms with E-state index < -0.39 is 18.9 Å². The minimum absolute atomic E-state index is 0.116. The number of carbonyl (C=O) groups excluding carboxylic acids is 1. The molecule has 7 nitrogen and oxygen atoms in total. The van der Waals surface area contributed by atoms with Gasteiger partial charge in [-0.15, -0.1) is 18.3 Å². The second-order valence-corrected chi connectivity index (χ2v) is 2.74. The highest BCUT2D eigenvalue weighted by molar-refractivity contribution is 5.85. The molecule has 0 fully saturated rings. The molecule has 17 heavy (non-hydrogen) atoms. The van der Waals surface area contributed by atoms with Crippen molar-refractivity contribution in [3.8, 4) is 0 Å². The fourth-order valence-electron chi connectivity index (χ4n) is 0.945. The standard InChI is InChI=1S/C7H9F3N4O3/c1-2-16-6(15)5-11-12-13-14(5)3-4-17-7(8,9)10/h2-4H2,1H3. The Morgan fingerprint density at radius 2 is 2.18 bits per heavy atom. The van der Waals surface area contributed by atoms with Crippen LogP contribution < -0.4 is 0 Å². The fourth-order valence-corrected chi connectivity index (χ4v) is 0.945. The highest BCUT2D eigenvalue weighted by Crippen LogP contribution is 2.15. The zero-order chi connectivity index (χ0) is 12.9. The molecule has 0 amide bonds. The highest BCUT2D eigenvalue weighted by Gasteiger charge is 2.29. The number of halogens is 3. The first-order chi connectivity index (χ1) is 7.94. The lowest BCUT2D eigenvalue weighted by Gasteiger charge is -2.07. The number of aromatic nitrogens is 4. The molecule has 1 aromatic heterocycles. The lowest BCUT2D eigenvalue weighted by molar-refractivity contribution is -0.325. The maximum absolute atomic E-state index is 11.7. The van der Waals surface area contributed by atoms with Crippen LogP contribution in [0.5, 0.6) is 0 Å². The van der Waals surface area contributed by atoms with Crippen LogP contribution in [0.3, 0.4) is 0 Å². The number of alkyl halides is 3. The van der Waals surface area contributed by atoms with E-state index in [1.54, 1.807) is 6.92 Å². The Kier molecular flexibility index (Phi) is 4.37. The Labute approximate surface area is 93.5 Å². The summed E-state index contributed by atoms with van der Waals surface area (Å²) in [4.78, 5) is 11.2. The van der Waals surface area contributed by atoms with Crippen LogP contribution in [0.15, 0.2) is 0 Å². The lowest BCUT2D eigenvalue weighted by Crippen LogP contribution is -2.21. The van der Waals surface area contributed by atoms with Crippen LogP contribution in [0.25, 0.3) is 0 Å². The predicted molar refractivity (Wildman–Crippen MR) is 45.8 cm³/mol. The van der Waals surface area contributed by atoms with Crippen molar-refractivity contribution in [3.63, 3.8) is 0 Å². The molecule has 0 N–H and O–H groups in total. The third-order valence-corrected chi connectivity index (χ3v) is 1.56. The molecule has 10 heteroatoms. The first-order valence-corrected chi connectivity index (χ1v) is 4.58. The third kappa shape index (κ3) is 4.34. The van der Waals surface area contributed by atoms with Crippen LogP contribution in [0, 0.1) is 0 Å². The summed E-state index contributed by atoms with van der Waals surface area (Å²) in [6.45, 7) is 0.700. The summed E-state index contributed by atoms with van der Waals surface area (Å²) in [5.41, 5.74) is 0. The van der Waals surface area contributed by atoms with Crippen LogP contribution in [0.1, 0.15) is 17.5 Å². The molecular weight excluding hydrogens is 245 g/mol. The van der Waals surface area contributed by atoms with E-state index in [4.69, 9.17) is 0 Å². The van der Waals surface area contributed by atoms with Gasteiger partial charge in [-0.2, -0.15) is 0 Å². The third-order valence-electron chi connectivity index (χ3n) is 1.56. The van der Waals surface area contributed by atoms with Gasteiger partial charge in [-0.05, 0) is 17.4 Å². The zero-order valence-electron chi connectivity index (χ0n) is 8.77. The minimum Gasteiger partial charge on any atom is -0.460 e. The first kappa shape index (κ1) is 13.4. The van der Waals surface area contributed by atoms with Crippen molar-refractivity contribution in [1.29, 1.82) is 0 Å². The molecule has 0 atom stereocenters. The SMILES string of the molecule is CCOC(=O)c1nnnn1CCOC(F)(F)F. The van der Waals surface area contributed by atoms with E-state index in [1.807, 2.05) is 0 Å². The van der Waals surface area contributed by atoms with Gasteiger partial charge in [-0.25, -0.2) is 9.48 Å². The molecule has 0 aliphatic heterocycles. The maximum atomic E-state index is 11.7.